The van der Waals surface area contributed by atoms with E-state index in [4.69, 9.17) is 9.47 Å². The lowest BCUT2D eigenvalue weighted by Gasteiger charge is -2.13. The van der Waals surface area contributed by atoms with Gasteiger partial charge in [-0.1, -0.05) is 24.3 Å². The fourth-order valence-electron chi connectivity index (χ4n) is 2.21. The van der Waals surface area contributed by atoms with Gasteiger partial charge in [0.2, 0.25) is 0 Å². The van der Waals surface area contributed by atoms with Crippen LogP contribution in [0, 0.1) is 0 Å². The highest BCUT2D eigenvalue weighted by Crippen LogP contribution is 2.25. The number of carbonyl (C=O) groups is 2. The minimum atomic E-state index is -0.394. The van der Waals surface area contributed by atoms with Crippen LogP contribution in [-0.4, -0.2) is 24.1 Å². The molecule has 2 rings (SSSR count). The number of ether oxygens (including phenoxy) is 2. The van der Waals surface area contributed by atoms with Crippen LogP contribution in [-0.2, 0) is 9.47 Å². The first-order chi connectivity index (χ1) is 10.4. The van der Waals surface area contributed by atoms with Gasteiger partial charge in [-0.15, -0.1) is 0 Å². The maximum atomic E-state index is 12.2. The van der Waals surface area contributed by atoms with Crippen molar-refractivity contribution in [3.63, 3.8) is 0 Å². The molecule has 0 saturated heterocycles. The number of benzene rings is 2. The molecule has 4 heteroatoms. The van der Waals surface area contributed by atoms with E-state index in [-0.39, 0.29) is 12.2 Å². The summed E-state index contributed by atoms with van der Waals surface area (Å²) in [4.78, 5) is 24.4. The Kier molecular flexibility index (Phi) is 4.81. The van der Waals surface area contributed by atoms with Crippen molar-refractivity contribution in [1.82, 2.24) is 0 Å². The summed E-state index contributed by atoms with van der Waals surface area (Å²) < 4.78 is 10.5. The molecule has 0 aliphatic heterocycles. The van der Waals surface area contributed by atoms with Gasteiger partial charge in [0.1, 0.15) is 0 Å². The Balaban J connectivity index is 2.52. The van der Waals surface area contributed by atoms with Gasteiger partial charge in [-0.2, -0.15) is 0 Å². The van der Waals surface area contributed by atoms with Crippen LogP contribution in [0.25, 0.3) is 10.8 Å². The zero-order chi connectivity index (χ0) is 16.3. The predicted molar refractivity (Wildman–Crippen MR) is 85.1 cm³/mol. The van der Waals surface area contributed by atoms with Crippen LogP contribution < -0.4 is 0 Å². The van der Waals surface area contributed by atoms with E-state index in [0.29, 0.717) is 21.9 Å². The van der Waals surface area contributed by atoms with Crippen molar-refractivity contribution in [3.8, 4) is 0 Å². The number of carbonyl (C=O) groups excluding carboxylic acids is 2. The Morgan fingerprint density at radius 1 is 0.727 bits per heavy atom. The predicted octanol–water partition coefficient (Wildman–Crippen LogP) is 3.97. The third-order valence-electron chi connectivity index (χ3n) is 3.05. The summed E-state index contributed by atoms with van der Waals surface area (Å²) in [6, 6.07) is 10.5. The molecule has 0 bridgehead atoms. The Hall–Kier alpha value is -2.36. The van der Waals surface area contributed by atoms with E-state index in [0.717, 1.165) is 0 Å². The van der Waals surface area contributed by atoms with E-state index < -0.39 is 11.9 Å². The maximum absolute atomic E-state index is 12.2. The third-order valence-corrected chi connectivity index (χ3v) is 3.05. The van der Waals surface area contributed by atoms with Gasteiger partial charge in [-0.05, 0) is 50.6 Å². The lowest BCUT2D eigenvalue weighted by Crippen LogP contribution is -2.14. The summed E-state index contributed by atoms with van der Waals surface area (Å²) in [5, 5.41) is 1.37. The van der Waals surface area contributed by atoms with E-state index in [2.05, 4.69) is 0 Å². The number of hydrogen-bond acceptors (Lipinski definition) is 4. The van der Waals surface area contributed by atoms with Gasteiger partial charge >= 0.3 is 11.9 Å². The maximum Gasteiger partial charge on any atom is 0.339 e. The highest BCUT2D eigenvalue weighted by atomic mass is 16.5. The van der Waals surface area contributed by atoms with Crippen LogP contribution in [0.5, 0.6) is 0 Å². The molecule has 0 amide bonds. The molecule has 0 atom stereocenters. The molecule has 22 heavy (non-hydrogen) atoms. The van der Waals surface area contributed by atoms with Crippen LogP contribution in [0.1, 0.15) is 48.4 Å². The van der Waals surface area contributed by atoms with Gasteiger partial charge in [0.15, 0.2) is 0 Å². The number of fused-ring (bicyclic) bond motifs is 1. The Labute approximate surface area is 130 Å². The summed E-state index contributed by atoms with van der Waals surface area (Å²) in [7, 11) is 0. The molecule has 0 spiro atoms. The van der Waals surface area contributed by atoms with E-state index in [1.54, 1.807) is 52.0 Å². The molecule has 0 unspecified atom stereocenters. The molecule has 4 nitrogen and oxygen atoms in total. The first-order valence-electron chi connectivity index (χ1n) is 7.34. The topological polar surface area (TPSA) is 52.6 Å². The van der Waals surface area contributed by atoms with E-state index in [9.17, 15) is 9.59 Å². The number of esters is 2. The number of hydrogen-bond donors (Lipinski definition) is 0. The van der Waals surface area contributed by atoms with Crippen molar-refractivity contribution >= 4 is 22.7 Å². The largest absolute Gasteiger partial charge is 0.459 e. The molecule has 0 fully saturated rings. The van der Waals surface area contributed by atoms with E-state index in [1.807, 2.05) is 12.1 Å². The van der Waals surface area contributed by atoms with Crippen LogP contribution in [0.15, 0.2) is 36.4 Å². The zero-order valence-electron chi connectivity index (χ0n) is 13.3. The minimum absolute atomic E-state index is 0.197. The molecular weight excluding hydrogens is 280 g/mol. The average Bonchev–Trinajstić information content (AvgIpc) is 2.44. The quantitative estimate of drug-likeness (QED) is 0.802. The van der Waals surface area contributed by atoms with Gasteiger partial charge in [0, 0.05) is 0 Å². The summed E-state index contributed by atoms with van der Waals surface area (Å²) in [6.07, 6.45) is -0.395. The molecule has 0 aliphatic carbocycles. The second kappa shape index (κ2) is 6.60. The lowest BCUT2D eigenvalue weighted by atomic mass is 9.99. The second-order valence-electron chi connectivity index (χ2n) is 5.61. The van der Waals surface area contributed by atoms with Crippen molar-refractivity contribution in [2.24, 2.45) is 0 Å². The summed E-state index contributed by atoms with van der Waals surface area (Å²) in [6.45, 7) is 7.20. The van der Waals surface area contributed by atoms with Gasteiger partial charge in [0.25, 0.3) is 0 Å². The Morgan fingerprint density at radius 3 is 1.41 bits per heavy atom. The smallest absolute Gasteiger partial charge is 0.339 e. The van der Waals surface area contributed by atoms with Gasteiger partial charge in [-0.3, -0.25) is 0 Å². The minimum Gasteiger partial charge on any atom is -0.459 e. The van der Waals surface area contributed by atoms with Crippen molar-refractivity contribution in [1.29, 1.82) is 0 Å². The molecular formula is C18H20O4. The van der Waals surface area contributed by atoms with Crippen LogP contribution in [0.3, 0.4) is 0 Å². The molecule has 0 aromatic heterocycles. The zero-order valence-corrected chi connectivity index (χ0v) is 13.3. The molecule has 116 valence electrons. The van der Waals surface area contributed by atoms with E-state index in [1.165, 1.54) is 0 Å². The standard InChI is InChI=1S/C18H20O4/c1-11(2)21-17(19)15-9-10-16(18(20)22-12(3)4)14-8-6-5-7-13(14)15/h5-12H,1-4H3. The van der Waals surface area contributed by atoms with Gasteiger partial charge in [0.05, 0.1) is 23.3 Å². The fourth-order valence-corrected chi connectivity index (χ4v) is 2.21. The molecule has 0 N–H and O–H groups in total. The lowest BCUT2D eigenvalue weighted by molar-refractivity contribution is 0.0365. The molecule has 0 radical (unpaired) electrons. The monoisotopic (exact) mass is 300 g/mol. The third kappa shape index (κ3) is 3.45. The molecule has 0 saturated carbocycles. The molecule has 0 aliphatic rings. The first-order valence-corrected chi connectivity index (χ1v) is 7.34. The van der Waals surface area contributed by atoms with Crippen molar-refractivity contribution in [2.45, 2.75) is 39.9 Å². The Morgan fingerprint density at radius 2 is 1.09 bits per heavy atom. The Bertz CT molecular complexity index is 641. The summed E-state index contributed by atoms with van der Waals surface area (Å²) in [5.74, 6) is -0.787. The van der Waals surface area contributed by atoms with Crippen LogP contribution in [0.4, 0.5) is 0 Å². The summed E-state index contributed by atoms with van der Waals surface area (Å²) in [5.41, 5.74) is 0.899. The highest BCUT2D eigenvalue weighted by molar-refractivity contribution is 6.11. The van der Waals surface area contributed by atoms with Crippen LogP contribution >= 0.6 is 0 Å². The van der Waals surface area contributed by atoms with Crippen molar-refractivity contribution < 1.29 is 19.1 Å². The molecule has 2 aromatic carbocycles. The molecule has 0 heterocycles. The second-order valence-corrected chi connectivity index (χ2v) is 5.61. The first kappa shape index (κ1) is 16.0. The molecule has 2 aromatic rings. The SMILES string of the molecule is CC(C)OC(=O)c1ccc(C(=O)OC(C)C)c2ccccc12. The highest BCUT2D eigenvalue weighted by Gasteiger charge is 2.18. The van der Waals surface area contributed by atoms with Crippen LogP contribution in [0.2, 0.25) is 0 Å². The van der Waals surface area contributed by atoms with Gasteiger partial charge in [-0.25, -0.2) is 9.59 Å². The summed E-state index contributed by atoms with van der Waals surface area (Å²) >= 11 is 0. The van der Waals surface area contributed by atoms with Gasteiger partial charge < -0.3 is 9.47 Å². The fraction of sp³-hybridized carbons (Fsp3) is 0.333. The number of rotatable bonds is 4. The normalized spacial score (nSPS) is 11.0. The average molecular weight is 300 g/mol. The van der Waals surface area contributed by atoms with Crippen molar-refractivity contribution in [3.05, 3.63) is 47.5 Å². The van der Waals surface area contributed by atoms with Crippen molar-refractivity contribution in [2.75, 3.05) is 0 Å². The van der Waals surface area contributed by atoms with E-state index >= 15 is 0 Å².